The number of carbonyl (C=O) groups is 3. The second kappa shape index (κ2) is 7.38. The quantitative estimate of drug-likeness (QED) is 0.775. The van der Waals surface area contributed by atoms with Gasteiger partial charge in [-0.3, -0.25) is 14.5 Å². The third kappa shape index (κ3) is 3.58. The van der Waals surface area contributed by atoms with E-state index < -0.39 is 41.6 Å². The fourth-order valence-electron chi connectivity index (χ4n) is 3.01. The van der Waals surface area contributed by atoms with Gasteiger partial charge in [-0.2, -0.15) is 0 Å². The van der Waals surface area contributed by atoms with Crippen molar-refractivity contribution in [3.05, 3.63) is 65.2 Å². The number of aryl methyl sites for hydroxylation is 1. The SMILES string of the molecule is CCc1ccc(NC(=O)CN2C(=O)NC(C)(c3ccc(F)c(F)c3)C2=O)cc1. The number of hydrogen-bond acceptors (Lipinski definition) is 3. The molecule has 3 rings (SSSR count). The minimum absolute atomic E-state index is 0.0859. The average Bonchev–Trinajstić information content (AvgIpc) is 2.88. The van der Waals surface area contributed by atoms with E-state index in [0.717, 1.165) is 29.0 Å². The lowest BCUT2D eigenvalue weighted by molar-refractivity contribution is -0.133. The van der Waals surface area contributed by atoms with Crippen molar-refractivity contribution in [2.24, 2.45) is 0 Å². The Morgan fingerprint density at radius 2 is 1.79 bits per heavy atom. The summed E-state index contributed by atoms with van der Waals surface area (Å²) in [6, 6.07) is 9.36. The van der Waals surface area contributed by atoms with E-state index in [-0.39, 0.29) is 5.56 Å². The van der Waals surface area contributed by atoms with Crippen LogP contribution in [-0.2, 0) is 21.5 Å². The molecule has 28 heavy (non-hydrogen) atoms. The maximum Gasteiger partial charge on any atom is 0.325 e. The molecule has 6 nitrogen and oxygen atoms in total. The molecule has 0 bridgehead atoms. The highest BCUT2D eigenvalue weighted by atomic mass is 19.2. The Labute approximate surface area is 160 Å². The van der Waals surface area contributed by atoms with Crippen LogP contribution in [0.15, 0.2) is 42.5 Å². The van der Waals surface area contributed by atoms with Gasteiger partial charge in [0.05, 0.1) is 0 Å². The number of nitrogens with one attached hydrogen (secondary N) is 2. The number of nitrogens with zero attached hydrogens (tertiary/aromatic N) is 1. The summed E-state index contributed by atoms with van der Waals surface area (Å²) in [4.78, 5) is 38.0. The lowest BCUT2D eigenvalue weighted by atomic mass is 9.92. The molecule has 1 fully saturated rings. The zero-order valence-electron chi connectivity index (χ0n) is 15.4. The van der Waals surface area contributed by atoms with Crippen molar-refractivity contribution in [1.29, 1.82) is 0 Å². The highest BCUT2D eigenvalue weighted by molar-refractivity contribution is 6.10. The molecule has 1 aliphatic rings. The van der Waals surface area contributed by atoms with Crippen molar-refractivity contribution >= 4 is 23.5 Å². The summed E-state index contributed by atoms with van der Waals surface area (Å²) in [6.45, 7) is 2.88. The van der Waals surface area contributed by atoms with Gasteiger partial charge < -0.3 is 10.6 Å². The van der Waals surface area contributed by atoms with Gasteiger partial charge in [-0.1, -0.05) is 25.1 Å². The number of rotatable bonds is 5. The molecule has 0 radical (unpaired) electrons. The van der Waals surface area contributed by atoms with Gasteiger partial charge in [-0.25, -0.2) is 13.6 Å². The van der Waals surface area contributed by atoms with Crippen LogP contribution >= 0.6 is 0 Å². The molecular weight excluding hydrogens is 368 g/mol. The van der Waals surface area contributed by atoms with Gasteiger partial charge in [-0.05, 0) is 48.7 Å². The third-order valence-corrected chi connectivity index (χ3v) is 4.72. The predicted molar refractivity (Wildman–Crippen MR) is 98.4 cm³/mol. The second-order valence-electron chi connectivity index (χ2n) is 6.67. The van der Waals surface area contributed by atoms with E-state index in [9.17, 15) is 23.2 Å². The normalized spacial score (nSPS) is 18.9. The standard InChI is InChI=1S/C20H19F2N3O3/c1-3-12-4-7-14(8-5-12)23-17(26)11-25-18(27)20(2,24-19(25)28)13-6-9-15(21)16(22)10-13/h4-10H,3,11H2,1-2H3,(H,23,26)(H,24,28). The van der Waals surface area contributed by atoms with E-state index in [2.05, 4.69) is 10.6 Å². The van der Waals surface area contributed by atoms with E-state index in [4.69, 9.17) is 0 Å². The van der Waals surface area contributed by atoms with E-state index in [1.807, 2.05) is 19.1 Å². The topological polar surface area (TPSA) is 78.5 Å². The summed E-state index contributed by atoms with van der Waals surface area (Å²) >= 11 is 0. The van der Waals surface area contributed by atoms with E-state index in [0.29, 0.717) is 5.69 Å². The molecule has 8 heteroatoms. The smallest absolute Gasteiger partial charge is 0.325 e. The molecule has 0 saturated carbocycles. The maximum absolute atomic E-state index is 13.6. The van der Waals surface area contributed by atoms with Crippen LogP contribution in [0.2, 0.25) is 0 Å². The first kappa shape index (κ1) is 19.5. The first-order valence-corrected chi connectivity index (χ1v) is 8.73. The summed E-state index contributed by atoms with van der Waals surface area (Å²) in [7, 11) is 0. The number of anilines is 1. The molecule has 2 aromatic carbocycles. The van der Waals surface area contributed by atoms with Crippen molar-refractivity contribution in [1.82, 2.24) is 10.2 Å². The average molecular weight is 387 g/mol. The number of carbonyl (C=O) groups excluding carboxylic acids is 3. The Morgan fingerprint density at radius 1 is 1.11 bits per heavy atom. The molecule has 2 aromatic rings. The molecule has 1 unspecified atom stereocenters. The molecule has 0 spiro atoms. The van der Waals surface area contributed by atoms with Crippen molar-refractivity contribution in [3.63, 3.8) is 0 Å². The van der Waals surface area contributed by atoms with Crippen molar-refractivity contribution in [2.75, 3.05) is 11.9 Å². The molecule has 0 aromatic heterocycles. The van der Waals surface area contributed by atoms with Gasteiger partial charge >= 0.3 is 6.03 Å². The number of imide groups is 1. The minimum Gasteiger partial charge on any atom is -0.325 e. The second-order valence-corrected chi connectivity index (χ2v) is 6.67. The minimum atomic E-state index is -1.59. The van der Waals surface area contributed by atoms with Crippen molar-refractivity contribution in [3.8, 4) is 0 Å². The van der Waals surface area contributed by atoms with Gasteiger partial charge in [0.1, 0.15) is 12.1 Å². The van der Waals surface area contributed by atoms with Gasteiger partial charge in [-0.15, -0.1) is 0 Å². The first-order chi connectivity index (χ1) is 13.2. The predicted octanol–water partition coefficient (Wildman–Crippen LogP) is 2.93. The summed E-state index contributed by atoms with van der Waals surface area (Å²) in [5, 5.41) is 5.07. The van der Waals surface area contributed by atoms with E-state index >= 15 is 0 Å². The Morgan fingerprint density at radius 3 is 2.39 bits per heavy atom. The summed E-state index contributed by atoms with van der Waals surface area (Å²) in [6.07, 6.45) is 0.860. The lowest BCUT2D eigenvalue weighted by Crippen LogP contribution is -2.42. The fraction of sp³-hybridized carbons (Fsp3) is 0.250. The zero-order chi connectivity index (χ0) is 20.5. The number of urea groups is 1. The lowest BCUT2D eigenvalue weighted by Gasteiger charge is -2.22. The van der Waals surface area contributed by atoms with Crippen molar-refractivity contribution < 1.29 is 23.2 Å². The largest absolute Gasteiger partial charge is 0.325 e. The summed E-state index contributed by atoms with van der Waals surface area (Å²) in [5.41, 5.74) is 0.143. The Bertz CT molecular complexity index is 946. The molecular formula is C20H19F2N3O3. The van der Waals surface area contributed by atoms with Crippen LogP contribution in [0.4, 0.5) is 19.3 Å². The number of halogens is 2. The highest BCUT2D eigenvalue weighted by Gasteiger charge is 2.49. The summed E-state index contributed by atoms with van der Waals surface area (Å²) in [5.74, 6) is -3.47. The molecule has 1 heterocycles. The molecule has 0 aliphatic carbocycles. The Hall–Kier alpha value is -3.29. The van der Waals surface area contributed by atoms with Gasteiger partial charge in [0.2, 0.25) is 5.91 Å². The van der Waals surface area contributed by atoms with Crippen LogP contribution in [0.1, 0.15) is 25.0 Å². The number of hydrogen-bond donors (Lipinski definition) is 2. The van der Waals surface area contributed by atoms with Crippen LogP contribution in [-0.4, -0.2) is 29.3 Å². The van der Waals surface area contributed by atoms with E-state index in [1.165, 1.54) is 13.0 Å². The van der Waals surface area contributed by atoms with Gasteiger partial charge in [0.15, 0.2) is 11.6 Å². The Balaban J connectivity index is 1.73. The Kier molecular flexibility index (Phi) is 5.13. The molecule has 4 amide bonds. The number of benzene rings is 2. The van der Waals surface area contributed by atoms with Gasteiger partial charge in [0.25, 0.3) is 5.91 Å². The van der Waals surface area contributed by atoms with Crippen LogP contribution in [0, 0.1) is 11.6 Å². The first-order valence-electron chi connectivity index (χ1n) is 8.73. The van der Waals surface area contributed by atoms with Crippen LogP contribution < -0.4 is 10.6 Å². The molecule has 146 valence electrons. The fourth-order valence-corrected chi connectivity index (χ4v) is 3.01. The van der Waals surface area contributed by atoms with Gasteiger partial charge in [0, 0.05) is 5.69 Å². The monoisotopic (exact) mass is 387 g/mol. The molecule has 1 atom stereocenters. The van der Waals surface area contributed by atoms with Crippen molar-refractivity contribution in [2.45, 2.75) is 25.8 Å². The third-order valence-electron chi connectivity index (χ3n) is 4.72. The number of amides is 4. The zero-order valence-corrected chi connectivity index (χ0v) is 15.4. The maximum atomic E-state index is 13.6. The molecule has 2 N–H and O–H groups in total. The highest BCUT2D eigenvalue weighted by Crippen LogP contribution is 2.29. The van der Waals surface area contributed by atoms with Crippen LogP contribution in [0.25, 0.3) is 0 Å². The molecule has 1 saturated heterocycles. The molecule has 1 aliphatic heterocycles. The van der Waals surface area contributed by atoms with E-state index in [1.54, 1.807) is 12.1 Å². The summed E-state index contributed by atoms with van der Waals surface area (Å²) < 4.78 is 26.7. The van der Waals surface area contributed by atoms with Crippen LogP contribution in [0.5, 0.6) is 0 Å². The van der Waals surface area contributed by atoms with Crippen LogP contribution in [0.3, 0.4) is 0 Å².